The van der Waals surface area contributed by atoms with Crippen LogP contribution < -0.4 is 10.1 Å². The SMILES string of the molecule is COc1cc(F)c([C@@H]2CN(C(C)(C)CO)C(=O)[C@H]2NC(=O)CC2(c3cccc(C)n3)CC2)c(F)c1. The van der Waals surface area contributed by atoms with Crippen molar-refractivity contribution in [1.29, 1.82) is 0 Å². The molecule has 2 aliphatic rings. The summed E-state index contributed by atoms with van der Waals surface area (Å²) in [4.78, 5) is 32.5. The standard InChI is InChI=1S/C26H31F2N3O4/c1-15-6-5-7-20(29-15)26(8-9-26)12-21(33)30-23-17(13-31(24(23)34)25(2,3)14-32)22-18(27)10-16(35-4)11-19(22)28/h5-7,10-11,17,23,32H,8-9,12-14H2,1-4H3,(H,30,33)/t17-,23-/m0/s1. The first-order valence-corrected chi connectivity index (χ1v) is 11.7. The van der Waals surface area contributed by atoms with E-state index in [0.717, 1.165) is 36.4 Å². The maximum Gasteiger partial charge on any atom is 0.246 e. The second-order valence-corrected chi connectivity index (χ2v) is 10.2. The van der Waals surface area contributed by atoms with Gasteiger partial charge >= 0.3 is 0 Å². The molecule has 4 rings (SSSR count). The highest BCUT2D eigenvalue weighted by Crippen LogP contribution is 2.50. The van der Waals surface area contributed by atoms with Crippen LogP contribution in [0.15, 0.2) is 30.3 Å². The van der Waals surface area contributed by atoms with Crippen LogP contribution >= 0.6 is 0 Å². The number of carbonyl (C=O) groups is 2. The van der Waals surface area contributed by atoms with E-state index in [9.17, 15) is 14.7 Å². The van der Waals surface area contributed by atoms with Gasteiger partial charge in [0.15, 0.2) is 0 Å². The molecule has 0 radical (unpaired) electrons. The summed E-state index contributed by atoms with van der Waals surface area (Å²) in [6.45, 7) is 4.81. The van der Waals surface area contributed by atoms with Gasteiger partial charge < -0.3 is 20.1 Å². The summed E-state index contributed by atoms with van der Waals surface area (Å²) in [5.74, 6) is -3.55. The Labute approximate surface area is 203 Å². The Kier molecular flexibility index (Phi) is 6.57. The number of methoxy groups -OCH3 is 1. The predicted molar refractivity (Wildman–Crippen MR) is 125 cm³/mol. The molecule has 0 bridgehead atoms. The van der Waals surface area contributed by atoms with Crippen molar-refractivity contribution in [1.82, 2.24) is 15.2 Å². The number of benzene rings is 1. The number of hydrogen-bond acceptors (Lipinski definition) is 5. The van der Waals surface area contributed by atoms with Crippen LogP contribution in [0, 0.1) is 18.6 Å². The van der Waals surface area contributed by atoms with E-state index in [1.54, 1.807) is 13.8 Å². The summed E-state index contributed by atoms with van der Waals surface area (Å²) in [6, 6.07) is 6.62. The van der Waals surface area contributed by atoms with Crippen LogP contribution in [-0.4, -0.2) is 58.6 Å². The van der Waals surface area contributed by atoms with E-state index >= 15 is 8.78 Å². The van der Waals surface area contributed by atoms with Crippen molar-refractivity contribution < 1.29 is 28.2 Å². The third-order valence-electron chi connectivity index (χ3n) is 7.19. The zero-order chi connectivity index (χ0) is 25.5. The molecule has 1 aromatic heterocycles. The Morgan fingerprint density at radius 1 is 1.29 bits per heavy atom. The summed E-state index contributed by atoms with van der Waals surface area (Å²) in [5, 5.41) is 12.6. The minimum absolute atomic E-state index is 0.0162. The van der Waals surface area contributed by atoms with Gasteiger partial charge in [-0.05, 0) is 45.7 Å². The highest BCUT2D eigenvalue weighted by atomic mass is 19.1. The molecule has 1 aliphatic carbocycles. The quantitative estimate of drug-likeness (QED) is 0.598. The van der Waals surface area contributed by atoms with E-state index in [1.165, 1.54) is 12.0 Å². The van der Waals surface area contributed by atoms with E-state index in [2.05, 4.69) is 10.3 Å². The molecule has 2 fully saturated rings. The number of pyridine rings is 1. The van der Waals surface area contributed by atoms with Crippen LogP contribution in [0.1, 0.15) is 56.0 Å². The van der Waals surface area contributed by atoms with E-state index < -0.39 is 40.5 Å². The average Bonchev–Trinajstić information content (AvgIpc) is 3.52. The maximum absolute atomic E-state index is 15.0. The molecule has 2 amide bonds. The van der Waals surface area contributed by atoms with Crippen molar-refractivity contribution in [2.45, 2.75) is 62.9 Å². The molecular weight excluding hydrogens is 456 g/mol. The summed E-state index contributed by atoms with van der Waals surface area (Å²) >= 11 is 0. The van der Waals surface area contributed by atoms with Gasteiger partial charge in [-0.15, -0.1) is 0 Å². The number of amides is 2. The third kappa shape index (κ3) is 4.74. The van der Waals surface area contributed by atoms with Crippen molar-refractivity contribution in [3.63, 3.8) is 0 Å². The molecule has 1 saturated carbocycles. The molecular formula is C26H31F2N3O4. The highest BCUT2D eigenvalue weighted by molar-refractivity contribution is 5.91. The van der Waals surface area contributed by atoms with E-state index in [-0.39, 0.29) is 36.8 Å². The number of nitrogens with one attached hydrogen (secondary N) is 1. The van der Waals surface area contributed by atoms with Crippen molar-refractivity contribution in [2.75, 3.05) is 20.3 Å². The largest absolute Gasteiger partial charge is 0.497 e. The monoisotopic (exact) mass is 487 g/mol. The molecule has 0 spiro atoms. The number of hydrogen-bond donors (Lipinski definition) is 2. The van der Waals surface area contributed by atoms with Gasteiger partial charge in [0.1, 0.15) is 23.4 Å². The van der Waals surface area contributed by atoms with Crippen molar-refractivity contribution in [3.05, 3.63) is 58.9 Å². The Morgan fingerprint density at radius 2 is 1.94 bits per heavy atom. The van der Waals surface area contributed by atoms with Crippen LogP contribution in [0.25, 0.3) is 0 Å². The van der Waals surface area contributed by atoms with Gasteiger partial charge in [-0.2, -0.15) is 0 Å². The molecule has 9 heteroatoms. The number of aromatic nitrogens is 1. The molecule has 7 nitrogen and oxygen atoms in total. The van der Waals surface area contributed by atoms with Gasteiger partial charge in [0.25, 0.3) is 0 Å². The van der Waals surface area contributed by atoms with Gasteiger partial charge in [-0.1, -0.05) is 6.07 Å². The van der Waals surface area contributed by atoms with Crippen molar-refractivity contribution in [3.8, 4) is 5.75 Å². The van der Waals surface area contributed by atoms with E-state index in [0.29, 0.717) is 0 Å². The zero-order valence-electron chi connectivity index (χ0n) is 20.4. The molecule has 2 atom stereocenters. The molecule has 1 aliphatic heterocycles. The van der Waals surface area contributed by atoms with Crippen molar-refractivity contribution >= 4 is 11.8 Å². The lowest BCUT2D eigenvalue weighted by Crippen LogP contribution is -2.51. The van der Waals surface area contributed by atoms with Crippen LogP contribution in [0.4, 0.5) is 8.78 Å². The topological polar surface area (TPSA) is 91.8 Å². The predicted octanol–water partition coefficient (Wildman–Crippen LogP) is 2.98. The van der Waals surface area contributed by atoms with Crippen LogP contribution in [0.5, 0.6) is 5.75 Å². The molecule has 2 N–H and O–H groups in total. The molecule has 1 saturated heterocycles. The summed E-state index contributed by atoms with van der Waals surface area (Å²) < 4.78 is 35.0. The number of carbonyl (C=O) groups excluding carboxylic acids is 2. The Bertz CT molecular complexity index is 1130. The summed E-state index contributed by atoms with van der Waals surface area (Å²) in [5.41, 5.74) is 0.0256. The number of nitrogens with zero attached hydrogens (tertiary/aromatic N) is 2. The first kappa shape index (κ1) is 25.0. The smallest absolute Gasteiger partial charge is 0.246 e. The number of aliphatic hydroxyl groups excluding tert-OH is 1. The van der Waals surface area contributed by atoms with Crippen LogP contribution in [-0.2, 0) is 15.0 Å². The number of rotatable bonds is 8. The minimum atomic E-state index is -1.17. The Balaban J connectivity index is 1.63. The lowest BCUT2D eigenvalue weighted by Gasteiger charge is -2.34. The van der Waals surface area contributed by atoms with Crippen molar-refractivity contribution in [2.24, 2.45) is 0 Å². The normalized spacial score (nSPS) is 21.2. The molecule has 188 valence electrons. The Hall–Kier alpha value is -3.07. The lowest BCUT2D eigenvalue weighted by molar-refractivity contribution is -0.137. The molecule has 35 heavy (non-hydrogen) atoms. The minimum Gasteiger partial charge on any atom is -0.497 e. The fourth-order valence-electron chi connectivity index (χ4n) is 4.86. The summed E-state index contributed by atoms with van der Waals surface area (Å²) in [6.07, 6.45) is 1.71. The molecule has 2 aromatic rings. The van der Waals surface area contributed by atoms with Gasteiger partial charge in [-0.25, -0.2) is 8.78 Å². The highest BCUT2D eigenvalue weighted by Gasteiger charge is 2.51. The number of ether oxygens (including phenoxy) is 1. The number of likely N-dealkylation sites (tertiary alicyclic amines) is 1. The number of aryl methyl sites for hydroxylation is 1. The molecule has 0 unspecified atom stereocenters. The fourth-order valence-corrected chi connectivity index (χ4v) is 4.86. The fraction of sp³-hybridized carbons (Fsp3) is 0.500. The Morgan fingerprint density at radius 3 is 2.49 bits per heavy atom. The van der Waals surface area contributed by atoms with Gasteiger partial charge in [0.05, 0.1) is 19.3 Å². The average molecular weight is 488 g/mol. The number of halogens is 2. The van der Waals surface area contributed by atoms with E-state index in [1.807, 2.05) is 25.1 Å². The first-order chi connectivity index (χ1) is 16.5. The van der Waals surface area contributed by atoms with Gasteiger partial charge in [-0.3, -0.25) is 14.6 Å². The summed E-state index contributed by atoms with van der Waals surface area (Å²) in [7, 11) is 1.30. The number of aliphatic hydroxyl groups is 1. The molecule has 2 heterocycles. The van der Waals surface area contributed by atoms with Crippen LogP contribution in [0.3, 0.4) is 0 Å². The third-order valence-corrected chi connectivity index (χ3v) is 7.19. The molecule has 1 aromatic carbocycles. The second-order valence-electron chi connectivity index (χ2n) is 10.2. The van der Waals surface area contributed by atoms with E-state index in [4.69, 9.17) is 4.74 Å². The van der Waals surface area contributed by atoms with Gasteiger partial charge in [0, 0.05) is 53.4 Å². The van der Waals surface area contributed by atoms with Crippen LogP contribution in [0.2, 0.25) is 0 Å². The maximum atomic E-state index is 15.0. The second kappa shape index (κ2) is 9.18. The zero-order valence-corrected chi connectivity index (χ0v) is 20.4. The van der Waals surface area contributed by atoms with Gasteiger partial charge in [0.2, 0.25) is 11.8 Å². The lowest BCUT2D eigenvalue weighted by atomic mass is 9.91. The first-order valence-electron chi connectivity index (χ1n) is 11.7.